The molecule has 0 saturated heterocycles. The first-order valence-corrected chi connectivity index (χ1v) is 8.23. The van der Waals surface area contributed by atoms with Gasteiger partial charge in [0.25, 0.3) is 0 Å². The van der Waals surface area contributed by atoms with Crippen LogP contribution in [0.5, 0.6) is 0 Å². The summed E-state index contributed by atoms with van der Waals surface area (Å²) in [7, 11) is -1.61. The number of rotatable bonds is 7. The van der Waals surface area contributed by atoms with Crippen molar-refractivity contribution < 1.29 is 8.42 Å². The predicted octanol–water partition coefficient (Wildman–Crippen LogP) is 2.07. The lowest BCUT2D eigenvalue weighted by Gasteiger charge is -2.20. The maximum Gasteiger partial charge on any atom is 0.234 e. The van der Waals surface area contributed by atoms with E-state index in [0.29, 0.717) is 6.42 Å². The van der Waals surface area contributed by atoms with E-state index < -0.39 is 10.0 Å². The molecule has 0 spiro atoms. The van der Waals surface area contributed by atoms with Crippen molar-refractivity contribution in [1.29, 1.82) is 0 Å². The van der Waals surface area contributed by atoms with Crippen LogP contribution in [0.4, 0.5) is 5.69 Å². The highest BCUT2D eigenvalue weighted by molar-refractivity contribution is 7.92. The van der Waals surface area contributed by atoms with Crippen LogP contribution in [0, 0.1) is 13.8 Å². The number of aryl methyl sites for hydroxylation is 2. The van der Waals surface area contributed by atoms with Crippen molar-refractivity contribution in [3.8, 4) is 0 Å². The van der Waals surface area contributed by atoms with Crippen LogP contribution in [0.3, 0.4) is 0 Å². The zero-order valence-electron chi connectivity index (χ0n) is 12.2. The van der Waals surface area contributed by atoms with Crippen LogP contribution >= 0.6 is 0 Å². The number of hydrogen-bond donors (Lipinski definition) is 1. The van der Waals surface area contributed by atoms with E-state index in [1.165, 1.54) is 4.31 Å². The third-order valence-corrected chi connectivity index (χ3v) is 4.84. The average molecular weight is 284 g/mol. The molecule has 0 amide bonds. The molecule has 1 rings (SSSR count). The quantitative estimate of drug-likeness (QED) is 0.780. The van der Waals surface area contributed by atoms with Crippen molar-refractivity contribution in [2.24, 2.45) is 0 Å². The van der Waals surface area contributed by atoms with Crippen molar-refractivity contribution in [3.63, 3.8) is 0 Å². The zero-order valence-corrected chi connectivity index (χ0v) is 13.0. The number of benzene rings is 1. The topological polar surface area (TPSA) is 49.4 Å². The van der Waals surface area contributed by atoms with Gasteiger partial charge in [-0.1, -0.05) is 13.0 Å². The second-order valence-corrected chi connectivity index (χ2v) is 6.96. The Morgan fingerprint density at radius 3 is 2.26 bits per heavy atom. The predicted molar refractivity (Wildman–Crippen MR) is 81.3 cm³/mol. The summed E-state index contributed by atoms with van der Waals surface area (Å²) in [6.45, 7) is 7.56. The highest BCUT2D eigenvalue weighted by Crippen LogP contribution is 2.20. The number of nitrogens with one attached hydrogen (secondary N) is 1. The van der Waals surface area contributed by atoms with E-state index in [-0.39, 0.29) is 5.75 Å². The van der Waals surface area contributed by atoms with E-state index in [1.54, 1.807) is 7.05 Å². The van der Waals surface area contributed by atoms with Crippen LogP contribution in [0.25, 0.3) is 0 Å². The van der Waals surface area contributed by atoms with Gasteiger partial charge in [0.1, 0.15) is 0 Å². The zero-order chi connectivity index (χ0) is 14.5. The fourth-order valence-corrected chi connectivity index (χ4v) is 3.20. The largest absolute Gasteiger partial charge is 0.317 e. The summed E-state index contributed by atoms with van der Waals surface area (Å²) in [5, 5.41) is 3.13. The molecule has 1 aromatic rings. The summed E-state index contributed by atoms with van der Waals surface area (Å²) in [5.41, 5.74) is 2.88. The smallest absolute Gasteiger partial charge is 0.234 e. The maximum atomic E-state index is 12.2. The number of anilines is 1. The van der Waals surface area contributed by atoms with Gasteiger partial charge in [0.2, 0.25) is 10.0 Å². The third-order valence-electron chi connectivity index (χ3n) is 2.99. The molecule has 1 N–H and O–H groups in total. The summed E-state index contributed by atoms with van der Waals surface area (Å²) in [4.78, 5) is 0. The lowest BCUT2D eigenvalue weighted by atomic mass is 10.1. The first kappa shape index (κ1) is 16.0. The van der Waals surface area contributed by atoms with Crippen LogP contribution in [0.15, 0.2) is 18.2 Å². The van der Waals surface area contributed by atoms with Gasteiger partial charge in [0.15, 0.2) is 0 Å². The molecule has 0 atom stereocenters. The number of hydrogen-bond acceptors (Lipinski definition) is 3. The van der Waals surface area contributed by atoms with Crippen molar-refractivity contribution in [2.75, 3.05) is 30.2 Å². The molecule has 0 aromatic heterocycles. The molecule has 5 heteroatoms. The first-order valence-electron chi connectivity index (χ1n) is 6.62. The van der Waals surface area contributed by atoms with Crippen LogP contribution in [-0.2, 0) is 10.0 Å². The van der Waals surface area contributed by atoms with Crippen molar-refractivity contribution in [1.82, 2.24) is 5.32 Å². The summed E-state index contributed by atoms with van der Waals surface area (Å²) in [6, 6.07) is 5.83. The number of nitrogens with zero attached hydrogens (tertiary/aromatic N) is 1. The molecule has 0 unspecified atom stereocenters. The Morgan fingerprint density at radius 1 is 1.16 bits per heavy atom. The van der Waals surface area contributed by atoms with E-state index in [2.05, 4.69) is 5.32 Å². The van der Waals surface area contributed by atoms with Crippen LogP contribution in [0.2, 0.25) is 0 Å². The van der Waals surface area contributed by atoms with Gasteiger partial charge in [-0.25, -0.2) is 8.42 Å². The average Bonchev–Trinajstić information content (AvgIpc) is 2.32. The Morgan fingerprint density at radius 2 is 1.74 bits per heavy atom. The SMILES string of the molecule is CCNCCCS(=O)(=O)N(C)c1cc(C)cc(C)c1. The normalized spacial score (nSPS) is 11.6. The maximum absolute atomic E-state index is 12.2. The van der Waals surface area contributed by atoms with Gasteiger partial charge in [-0.2, -0.15) is 0 Å². The van der Waals surface area contributed by atoms with E-state index in [1.807, 2.05) is 39.0 Å². The molecule has 0 heterocycles. The minimum absolute atomic E-state index is 0.170. The Hall–Kier alpha value is -1.07. The Kier molecular flexibility index (Phi) is 5.82. The van der Waals surface area contributed by atoms with Gasteiger partial charge in [0.05, 0.1) is 11.4 Å². The molecule has 0 aliphatic heterocycles. The summed E-state index contributed by atoms with van der Waals surface area (Å²) < 4.78 is 25.8. The lowest BCUT2D eigenvalue weighted by molar-refractivity contribution is 0.588. The third kappa shape index (κ3) is 4.84. The van der Waals surface area contributed by atoms with Gasteiger partial charge in [-0.15, -0.1) is 0 Å². The highest BCUT2D eigenvalue weighted by atomic mass is 32.2. The minimum atomic E-state index is -3.23. The monoisotopic (exact) mass is 284 g/mol. The molecule has 0 aliphatic carbocycles. The summed E-state index contributed by atoms with van der Waals surface area (Å²) >= 11 is 0. The van der Waals surface area contributed by atoms with E-state index >= 15 is 0 Å². The van der Waals surface area contributed by atoms with Crippen molar-refractivity contribution in [3.05, 3.63) is 29.3 Å². The van der Waals surface area contributed by atoms with Gasteiger partial charge in [-0.05, 0) is 56.6 Å². The second kappa shape index (κ2) is 6.91. The standard InChI is InChI=1S/C14H24N2O2S/c1-5-15-7-6-8-19(17,18)16(4)14-10-12(2)9-13(3)11-14/h9-11,15H,5-8H2,1-4H3. The van der Waals surface area contributed by atoms with E-state index in [0.717, 1.165) is 29.9 Å². The Labute approximate surface area is 116 Å². The van der Waals surface area contributed by atoms with Crippen LogP contribution in [0.1, 0.15) is 24.5 Å². The van der Waals surface area contributed by atoms with Gasteiger partial charge in [0, 0.05) is 7.05 Å². The molecule has 0 saturated carbocycles. The van der Waals surface area contributed by atoms with Crippen molar-refractivity contribution >= 4 is 15.7 Å². The molecule has 19 heavy (non-hydrogen) atoms. The van der Waals surface area contributed by atoms with Gasteiger partial charge >= 0.3 is 0 Å². The molecule has 4 nitrogen and oxygen atoms in total. The molecule has 108 valence electrons. The molecule has 0 bridgehead atoms. The fraction of sp³-hybridized carbons (Fsp3) is 0.571. The molecule has 0 radical (unpaired) electrons. The minimum Gasteiger partial charge on any atom is -0.317 e. The second-order valence-electron chi connectivity index (χ2n) is 4.84. The van der Waals surface area contributed by atoms with Gasteiger partial charge in [-0.3, -0.25) is 4.31 Å². The molecular weight excluding hydrogens is 260 g/mol. The van der Waals surface area contributed by atoms with Crippen LogP contribution < -0.4 is 9.62 Å². The Balaban J connectivity index is 2.77. The first-order chi connectivity index (χ1) is 8.86. The van der Waals surface area contributed by atoms with Crippen molar-refractivity contribution in [2.45, 2.75) is 27.2 Å². The van der Waals surface area contributed by atoms with E-state index in [9.17, 15) is 8.42 Å². The molecule has 1 aromatic carbocycles. The molecule has 0 aliphatic rings. The Bertz CT molecular complexity index is 492. The summed E-state index contributed by atoms with van der Waals surface area (Å²) in [6.07, 6.45) is 0.630. The molecular formula is C14H24N2O2S. The van der Waals surface area contributed by atoms with Crippen LogP contribution in [-0.4, -0.2) is 34.3 Å². The fourth-order valence-electron chi connectivity index (χ4n) is 1.99. The van der Waals surface area contributed by atoms with Gasteiger partial charge < -0.3 is 5.32 Å². The highest BCUT2D eigenvalue weighted by Gasteiger charge is 2.18. The van der Waals surface area contributed by atoms with E-state index in [4.69, 9.17) is 0 Å². The lowest BCUT2D eigenvalue weighted by Crippen LogP contribution is -2.30. The molecule has 0 fully saturated rings. The number of sulfonamides is 1. The summed E-state index contributed by atoms with van der Waals surface area (Å²) in [5.74, 6) is 0.170.